The van der Waals surface area contributed by atoms with E-state index in [9.17, 15) is 4.79 Å². The molecule has 18 heavy (non-hydrogen) atoms. The highest BCUT2D eigenvalue weighted by molar-refractivity contribution is 6.30. The Hall–Kier alpha value is -1.79. The molecule has 0 bridgehead atoms. The Bertz CT molecular complexity index is 508. The van der Waals surface area contributed by atoms with Gasteiger partial charge in [0.25, 0.3) is 5.91 Å². The molecule has 94 valence electrons. The zero-order valence-corrected chi connectivity index (χ0v) is 11.4. The Morgan fingerprint density at radius 2 is 1.89 bits per heavy atom. The topological polar surface area (TPSA) is 52.9 Å². The summed E-state index contributed by atoms with van der Waals surface area (Å²) in [5, 5.41) is 12.3. The summed E-state index contributed by atoms with van der Waals surface area (Å²) in [6, 6.07) is 8.98. The van der Waals surface area contributed by atoms with Gasteiger partial charge in [-0.2, -0.15) is 5.26 Å². The molecule has 0 saturated heterocycles. The van der Waals surface area contributed by atoms with E-state index in [2.05, 4.69) is 5.32 Å². The van der Waals surface area contributed by atoms with Gasteiger partial charge in [0.1, 0.15) is 11.6 Å². The zero-order valence-electron chi connectivity index (χ0n) is 10.6. The molecular formula is C14H15ClN2O. The third-order valence-electron chi connectivity index (χ3n) is 2.56. The summed E-state index contributed by atoms with van der Waals surface area (Å²) < 4.78 is 0. The molecule has 1 aromatic rings. The fourth-order valence-corrected chi connectivity index (χ4v) is 1.62. The van der Waals surface area contributed by atoms with Crippen molar-refractivity contribution < 1.29 is 4.79 Å². The van der Waals surface area contributed by atoms with Crippen molar-refractivity contribution in [3.63, 3.8) is 0 Å². The minimum absolute atomic E-state index is 0.163. The van der Waals surface area contributed by atoms with Crippen molar-refractivity contribution in [1.82, 2.24) is 5.32 Å². The van der Waals surface area contributed by atoms with E-state index < -0.39 is 0 Å². The third-order valence-corrected chi connectivity index (χ3v) is 2.81. The van der Waals surface area contributed by atoms with Gasteiger partial charge in [0.2, 0.25) is 0 Å². The van der Waals surface area contributed by atoms with Gasteiger partial charge in [-0.05, 0) is 38.5 Å². The molecule has 0 fully saturated rings. The number of carbonyl (C=O) groups excluding carboxylic acids is 1. The summed E-state index contributed by atoms with van der Waals surface area (Å²) in [4.78, 5) is 11.8. The van der Waals surface area contributed by atoms with Crippen LogP contribution in [0.3, 0.4) is 0 Å². The van der Waals surface area contributed by atoms with Crippen LogP contribution in [0.4, 0.5) is 0 Å². The van der Waals surface area contributed by atoms with Crippen LogP contribution in [0.5, 0.6) is 0 Å². The highest BCUT2D eigenvalue weighted by Gasteiger charge is 2.14. The molecule has 4 heteroatoms. The number of halogens is 1. The summed E-state index contributed by atoms with van der Waals surface area (Å²) in [6.45, 7) is 5.34. The maximum atomic E-state index is 11.8. The van der Waals surface area contributed by atoms with Crippen LogP contribution in [0.15, 0.2) is 35.4 Å². The van der Waals surface area contributed by atoms with Crippen LogP contribution in [0.2, 0.25) is 5.02 Å². The second-order valence-electron chi connectivity index (χ2n) is 4.23. The van der Waals surface area contributed by atoms with Crippen LogP contribution in [0.25, 0.3) is 0 Å². The molecule has 1 atom stereocenters. The third kappa shape index (κ3) is 3.61. The SMILES string of the molecule is CC(C)=C(C#N)C(=O)NC(C)c1ccc(Cl)cc1. The van der Waals surface area contributed by atoms with Crippen LogP contribution in [0.1, 0.15) is 32.4 Å². The molecular weight excluding hydrogens is 248 g/mol. The first-order valence-corrected chi connectivity index (χ1v) is 5.97. The Kier molecular flexibility index (Phi) is 4.94. The van der Waals surface area contributed by atoms with Gasteiger partial charge in [-0.3, -0.25) is 4.79 Å². The van der Waals surface area contributed by atoms with E-state index in [0.717, 1.165) is 5.56 Å². The fourth-order valence-electron chi connectivity index (χ4n) is 1.49. The Labute approximate surface area is 112 Å². The number of amides is 1. The number of nitrogens with one attached hydrogen (secondary N) is 1. The molecule has 1 rings (SSSR count). The van der Waals surface area contributed by atoms with E-state index >= 15 is 0 Å². The number of allylic oxidation sites excluding steroid dienone is 1. The van der Waals surface area contributed by atoms with Gasteiger partial charge in [-0.25, -0.2) is 0 Å². The summed E-state index contributed by atoms with van der Waals surface area (Å²) in [7, 11) is 0. The van der Waals surface area contributed by atoms with E-state index in [1.807, 2.05) is 25.1 Å². The minimum Gasteiger partial charge on any atom is -0.345 e. The maximum Gasteiger partial charge on any atom is 0.262 e. The first-order chi connectivity index (χ1) is 8.45. The average Bonchev–Trinajstić information content (AvgIpc) is 2.29. The van der Waals surface area contributed by atoms with Crippen LogP contribution < -0.4 is 5.32 Å². The highest BCUT2D eigenvalue weighted by Crippen LogP contribution is 2.16. The number of rotatable bonds is 3. The number of hydrogen-bond donors (Lipinski definition) is 1. The summed E-state index contributed by atoms with van der Waals surface area (Å²) in [5.41, 5.74) is 1.81. The van der Waals surface area contributed by atoms with Crippen molar-refractivity contribution in [3.05, 3.63) is 46.0 Å². The molecule has 0 aliphatic rings. The van der Waals surface area contributed by atoms with Crippen LogP contribution in [-0.4, -0.2) is 5.91 Å². The van der Waals surface area contributed by atoms with Crippen molar-refractivity contribution in [3.8, 4) is 6.07 Å². The average molecular weight is 263 g/mol. The number of carbonyl (C=O) groups is 1. The Morgan fingerprint density at radius 3 is 2.33 bits per heavy atom. The molecule has 0 heterocycles. The summed E-state index contributed by atoms with van der Waals surface area (Å²) >= 11 is 5.80. The monoisotopic (exact) mass is 262 g/mol. The van der Waals surface area contributed by atoms with E-state index in [1.54, 1.807) is 26.0 Å². The van der Waals surface area contributed by atoms with Crippen LogP contribution >= 0.6 is 11.6 Å². The lowest BCUT2D eigenvalue weighted by Gasteiger charge is -2.14. The first kappa shape index (κ1) is 14.3. The summed E-state index contributed by atoms with van der Waals surface area (Å²) in [5.74, 6) is -0.347. The lowest BCUT2D eigenvalue weighted by molar-refractivity contribution is -0.117. The van der Waals surface area contributed by atoms with Gasteiger partial charge in [0.05, 0.1) is 6.04 Å². The molecule has 0 spiro atoms. The number of nitriles is 1. The van der Waals surface area contributed by atoms with Gasteiger partial charge in [-0.1, -0.05) is 29.3 Å². The largest absolute Gasteiger partial charge is 0.345 e. The maximum absolute atomic E-state index is 11.8. The van der Waals surface area contributed by atoms with Gasteiger partial charge in [-0.15, -0.1) is 0 Å². The number of nitrogens with zero attached hydrogens (tertiary/aromatic N) is 1. The van der Waals surface area contributed by atoms with Gasteiger partial charge in [0, 0.05) is 5.02 Å². The van der Waals surface area contributed by atoms with Crippen LogP contribution in [0, 0.1) is 11.3 Å². The van der Waals surface area contributed by atoms with E-state index in [0.29, 0.717) is 10.6 Å². The molecule has 0 aromatic heterocycles. The minimum atomic E-state index is -0.347. The van der Waals surface area contributed by atoms with Crippen molar-refractivity contribution in [2.75, 3.05) is 0 Å². The van der Waals surface area contributed by atoms with Gasteiger partial charge in [0.15, 0.2) is 0 Å². The van der Waals surface area contributed by atoms with Gasteiger partial charge >= 0.3 is 0 Å². The predicted molar refractivity (Wildman–Crippen MR) is 72.0 cm³/mol. The smallest absolute Gasteiger partial charge is 0.262 e. The van der Waals surface area contributed by atoms with Crippen molar-refractivity contribution >= 4 is 17.5 Å². The second kappa shape index (κ2) is 6.23. The molecule has 3 nitrogen and oxygen atoms in total. The molecule has 0 aliphatic carbocycles. The second-order valence-corrected chi connectivity index (χ2v) is 4.67. The van der Waals surface area contributed by atoms with Crippen molar-refractivity contribution in [2.24, 2.45) is 0 Å². The number of hydrogen-bond acceptors (Lipinski definition) is 2. The highest BCUT2D eigenvalue weighted by atomic mass is 35.5. The van der Waals surface area contributed by atoms with E-state index in [1.165, 1.54) is 0 Å². The lowest BCUT2D eigenvalue weighted by atomic mass is 10.1. The van der Waals surface area contributed by atoms with E-state index in [-0.39, 0.29) is 17.5 Å². The molecule has 0 aliphatic heterocycles. The molecule has 1 N–H and O–H groups in total. The van der Waals surface area contributed by atoms with Crippen LogP contribution in [-0.2, 0) is 4.79 Å². The zero-order chi connectivity index (χ0) is 13.7. The Balaban J connectivity index is 2.80. The normalized spacial score (nSPS) is 11.3. The first-order valence-electron chi connectivity index (χ1n) is 5.59. The molecule has 0 radical (unpaired) electrons. The molecule has 1 unspecified atom stereocenters. The molecule has 1 aromatic carbocycles. The predicted octanol–water partition coefficient (Wildman–Crippen LogP) is 3.38. The van der Waals surface area contributed by atoms with E-state index in [4.69, 9.17) is 16.9 Å². The Morgan fingerprint density at radius 1 is 1.33 bits per heavy atom. The van der Waals surface area contributed by atoms with Gasteiger partial charge < -0.3 is 5.32 Å². The standard InChI is InChI=1S/C14H15ClN2O/c1-9(2)13(8-16)14(18)17-10(3)11-4-6-12(15)7-5-11/h4-7,10H,1-3H3,(H,17,18). The van der Waals surface area contributed by atoms with Crippen molar-refractivity contribution in [2.45, 2.75) is 26.8 Å². The lowest BCUT2D eigenvalue weighted by Crippen LogP contribution is -2.28. The summed E-state index contributed by atoms with van der Waals surface area (Å²) in [6.07, 6.45) is 0. The fraction of sp³-hybridized carbons (Fsp3) is 0.286. The van der Waals surface area contributed by atoms with Crippen molar-refractivity contribution in [1.29, 1.82) is 5.26 Å². The molecule has 0 saturated carbocycles. The number of benzene rings is 1. The quantitative estimate of drug-likeness (QED) is 0.671. The molecule has 1 amide bonds.